The van der Waals surface area contributed by atoms with Gasteiger partial charge in [0, 0.05) is 25.0 Å². The first-order valence-corrected chi connectivity index (χ1v) is 10.7. The second-order valence-corrected chi connectivity index (χ2v) is 9.09. The molecule has 0 aliphatic carbocycles. The fourth-order valence-corrected chi connectivity index (χ4v) is 2.37. The van der Waals surface area contributed by atoms with Gasteiger partial charge in [-0.1, -0.05) is 39.8 Å². The van der Waals surface area contributed by atoms with Crippen molar-refractivity contribution in [1.29, 1.82) is 0 Å². The second-order valence-electron chi connectivity index (χ2n) is 8.82. The van der Waals surface area contributed by atoms with Crippen molar-refractivity contribution < 1.29 is 27.6 Å². The monoisotopic (exact) mass is 479 g/mol. The van der Waals surface area contributed by atoms with E-state index in [9.17, 15) is 27.6 Å². The second kappa shape index (κ2) is 14.0. The highest BCUT2D eigenvalue weighted by atomic mass is 35.5. The highest BCUT2D eigenvalue weighted by Crippen LogP contribution is 2.15. The van der Waals surface area contributed by atoms with Crippen LogP contribution in [0.25, 0.3) is 0 Å². The zero-order valence-corrected chi connectivity index (χ0v) is 19.9. The van der Waals surface area contributed by atoms with E-state index < -0.39 is 29.9 Å². The zero-order chi connectivity index (χ0) is 24.9. The van der Waals surface area contributed by atoms with Gasteiger partial charge in [0.25, 0.3) is 0 Å². The number of alkyl halides is 4. The summed E-state index contributed by atoms with van der Waals surface area (Å²) >= 11 is 5.70. The van der Waals surface area contributed by atoms with Gasteiger partial charge < -0.3 is 16.0 Å². The molecule has 182 valence electrons. The molecule has 6 nitrogen and oxygen atoms in total. The van der Waals surface area contributed by atoms with Crippen molar-refractivity contribution in [2.24, 2.45) is 5.41 Å². The first kappa shape index (κ1) is 29.7. The van der Waals surface area contributed by atoms with E-state index >= 15 is 0 Å². The average Bonchev–Trinajstić information content (AvgIpc) is 2.64. The molecule has 10 heteroatoms. The van der Waals surface area contributed by atoms with Crippen LogP contribution in [0.1, 0.15) is 59.4 Å². The lowest BCUT2D eigenvalue weighted by Gasteiger charge is -2.18. The first-order chi connectivity index (χ1) is 14.6. The van der Waals surface area contributed by atoms with Crippen molar-refractivity contribution in [3.63, 3.8) is 0 Å². The van der Waals surface area contributed by atoms with Crippen molar-refractivity contribution >= 4 is 35.0 Å². The van der Waals surface area contributed by atoms with Gasteiger partial charge in [-0.15, -0.1) is 11.6 Å². The Kier molecular flexibility index (Phi) is 13.0. The van der Waals surface area contributed by atoms with Crippen LogP contribution in [0.4, 0.5) is 18.9 Å². The summed E-state index contributed by atoms with van der Waals surface area (Å²) in [5.41, 5.74) is 1.91. The number of carbonyl (C=O) groups excluding carboxylic acids is 3. The Morgan fingerprint density at radius 1 is 1.00 bits per heavy atom. The maximum absolute atomic E-state index is 12.3. The number of amides is 3. The van der Waals surface area contributed by atoms with Gasteiger partial charge in [-0.05, 0) is 42.4 Å². The summed E-state index contributed by atoms with van der Waals surface area (Å²) in [6, 6.07) is 6.01. The first-order valence-electron chi connectivity index (χ1n) is 10.2. The minimum atomic E-state index is -4.92. The van der Waals surface area contributed by atoms with Gasteiger partial charge in [-0.25, -0.2) is 0 Å². The Balaban J connectivity index is 0.00000172. The summed E-state index contributed by atoms with van der Waals surface area (Å²) in [6.07, 6.45) is -4.14. The predicted molar refractivity (Wildman–Crippen MR) is 120 cm³/mol. The summed E-state index contributed by atoms with van der Waals surface area (Å²) in [7, 11) is 0. The van der Waals surface area contributed by atoms with Gasteiger partial charge in [0.15, 0.2) is 0 Å². The lowest BCUT2D eigenvalue weighted by Crippen LogP contribution is -2.43. The number of rotatable bonds is 9. The average molecular weight is 480 g/mol. The van der Waals surface area contributed by atoms with Crippen molar-refractivity contribution in [3.05, 3.63) is 29.8 Å². The molecule has 0 bridgehead atoms. The maximum Gasteiger partial charge on any atom is 0.471 e. The van der Waals surface area contributed by atoms with Crippen LogP contribution in [0.3, 0.4) is 0 Å². The Labute approximate surface area is 192 Å². The fraction of sp³-hybridized carbons (Fsp3) is 0.591. The van der Waals surface area contributed by atoms with Crippen LogP contribution in [0.5, 0.6) is 0 Å². The van der Waals surface area contributed by atoms with Crippen LogP contribution >= 0.6 is 11.6 Å². The van der Waals surface area contributed by atoms with Crippen molar-refractivity contribution in [3.8, 4) is 0 Å². The van der Waals surface area contributed by atoms with Crippen molar-refractivity contribution in [1.82, 2.24) is 10.6 Å². The van der Waals surface area contributed by atoms with Crippen LogP contribution in [-0.4, -0.2) is 36.5 Å². The van der Waals surface area contributed by atoms with Gasteiger partial charge >= 0.3 is 12.1 Å². The number of anilines is 1. The molecule has 0 heterocycles. The molecule has 0 saturated carbocycles. The molecule has 0 fully saturated rings. The van der Waals surface area contributed by atoms with E-state index in [1.54, 1.807) is 29.6 Å². The molecule has 3 N–H and O–H groups in total. The summed E-state index contributed by atoms with van der Waals surface area (Å²) in [6.45, 7) is 9.84. The molecule has 0 saturated heterocycles. The highest BCUT2D eigenvalue weighted by molar-refractivity contribution is 6.17. The van der Waals surface area contributed by atoms with Gasteiger partial charge in [0.2, 0.25) is 11.8 Å². The van der Waals surface area contributed by atoms with E-state index in [0.29, 0.717) is 23.4 Å². The molecule has 3 amide bonds. The van der Waals surface area contributed by atoms with E-state index in [1.807, 2.05) is 0 Å². The largest absolute Gasteiger partial charge is 0.471 e. The van der Waals surface area contributed by atoms with Gasteiger partial charge in [-0.3, -0.25) is 14.4 Å². The molecule has 1 atom stereocenters. The lowest BCUT2D eigenvalue weighted by atomic mass is 10.0. The highest BCUT2D eigenvalue weighted by Gasteiger charge is 2.38. The molecule has 0 radical (unpaired) electrons. The third-order valence-corrected chi connectivity index (χ3v) is 3.84. The Morgan fingerprint density at radius 3 is 1.97 bits per heavy atom. The number of hydrogen-bond donors (Lipinski definition) is 3. The topological polar surface area (TPSA) is 87.3 Å². The molecule has 32 heavy (non-hydrogen) atoms. The zero-order valence-electron chi connectivity index (χ0n) is 19.2. The number of benzene rings is 1. The number of nitrogens with one attached hydrogen (secondary N) is 3. The predicted octanol–water partition coefficient (Wildman–Crippen LogP) is 4.77. The van der Waals surface area contributed by atoms with E-state index in [-0.39, 0.29) is 19.4 Å². The molecule has 1 aromatic rings. The van der Waals surface area contributed by atoms with E-state index in [0.717, 1.165) is 5.56 Å². The third kappa shape index (κ3) is 15.5. The summed E-state index contributed by atoms with van der Waals surface area (Å²) < 4.78 is 36.2. The smallest absolute Gasteiger partial charge is 0.348 e. The fourth-order valence-electron chi connectivity index (χ4n) is 2.20. The molecule has 0 spiro atoms. The molecular weight excluding hydrogens is 447 g/mol. The maximum atomic E-state index is 12.3. The molecule has 0 aliphatic heterocycles. The Bertz CT molecular complexity index is 727. The Morgan fingerprint density at radius 2 is 1.53 bits per heavy atom. The minimum Gasteiger partial charge on any atom is -0.348 e. The summed E-state index contributed by atoms with van der Waals surface area (Å²) in [5, 5.41) is 6.92. The normalized spacial score (nSPS) is 12.2. The van der Waals surface area contributed by atoms with Crippen LogP contribution < -0.4 is 16.0 Å². The molecule has 1 aromatic carbocycles. The van der Waals surface area contributed by atoms with E-state index in [4.69, 9.17) is 11.6 Å². The van der Waals surface area contributed by atoms with Gasteiger partial charge in [-0.2, -0.15) is 13.2 Å². The number of hydrogen-bond acceptors (Lipinski definition) is 3. The molecule has 1 rings (SSSR count). The summed E-state index contributed by atoms with van der Waals surface area (Å²) in [5.74, 6) is -2.51. The van der Waals surface area contributed by atoms with Crippen molar-refractivity contribution in [2.45, 2.75) is 72.0 Å². The van der Waals surface area contributed by atoms with Gasteiger partial charge in [0.05, 0.1) is 0 Å². The third-order valence-electron chi connectivity index (χ3n) is 3.53. The van der Waals surface area contributed by atoms with Crippen LogP contribution in [0.2, 0.25) is 0 Å². The van der Waals surface area contributed by atoms with Crippen molar-refractivity contribution in [2.75, 3.05) is 11.9 Å². The van der Waals surface area contributed by atoms with Gasteiger partial charge in [0.1, 0.15) is 6.04 Å². The quantitative estimate of drug-likeness (QED) is 0.352. The van der Waals surface area contributed by atoms with Crippen LogP contribution in [0.15, 0.2) is 24.3 Å². The summed E-state index contributed by atoms with van der Waals surface area (Å²) in [4.78, 5) is 34.3. The SMILES string of the molecule is CC(=O)NC(CCCCNC(=O)C(F)(F)F)C(=O)Nc1ccc(CCl)cc1.CC(C)(C)C. The number of halogens is 4. The van der Waals surface area contributed by atoms with Crippen LogP contribution in [0, 0.1) is 5.41 Å². The lowest BCUT2D eigenvalue weighted by molar-refractivity contribution is -0.173. The van der Waals surface area contributed by atoms with E-state index in [2.05, 4.69) is 38.3 Å². The number of unbranched alkanes of at least 4 members (excludes halogenated alkanes) is 1. The molecule has 0 aliphatic rings. The minimum absolute atomic E-state index is 0.174. The van der Waals surface area contributed by atoms with E-state index in [1.165, 1.54) is 6.92 Å². The molecular formula is C22H33ClF3N3O3. The van der Waals surface area contributed by atoms with Crippen LogP contribution in [-0.2, 0) is 20.3 Å². The Hall–Kier alpha value is -2.29. The molecule has 1 unspecified atom stereocenters. The number of carbonyl (C=O) groups is 3. The molecule has 0 aromatic heterocycles. The standard InChI is InChI=1S/C17H21ClF3N3O3.C5H12/c1-11(25)23-14(4-2-3-9-22-16(27)17(19,20)21)15(26)24-13-7-5-12(10-18)6-8-13;1-5(2,3)4/h5-8,14H,2-4,9-10H2,1H3,(H,22,27)(H,23,25)(H,24,26);1-4H3.